The maximum atomic E-state index is 13.1. The molecule has 0 fully saturated rings. The van der Waals surface area contributed by atoms with E-state index in [1.54, 1.807) is 31.5 Å². The fraction of sp³-hybridized carbons (Fsp3) is 0.222. The number of carbonyl (C=O) groups excluding carboxylic acids is 2. The number of azo groups is 1. The van der Waals surface area contributed by atoms with Crippen LogP contribution < -0.4 is 10.7 Å². The van der Waals surface area contributed by atoms with Gasteiger partial charge in [-0.25, -0.2) is 9.80 Å². The lowest BCUT2D eigenvalue weighted by Gasteiger charge is -2.14. The first-order chi connectivity index (χ1) is 12.5. The minimum Gasteiger partial charge on any atom is -0.306 e. The fourth-order valence-electron chi connectivity index (χ4n) is 3.19. The van der Waals surface area contributed by atoms with Gasteiger partial charge < -0.3 is 5.32 Å². The molecule has 0 spiro atoms. The number of ketones is 1. The minimum atomic E-state index is -0.405. The summed E-state index contributed by atoms with van der Waals surface area (Å²) >= 11 is 1.59. The highest BCUT2D eigenvalue weighted by Crippen LogP contribution is 2.49. The van der Waals surface area contributed by atoms with Crippen molar-refractivity contribution < 1.29 is 9.59 Å². The first-order valence-electron chi connectivity index (χ1n) is 8.10. The molecule has 2 aromatic rings. The molecule has 2 aliphatic rings. The van der Waals surface area contributed by atoms with E-state index in [1.165, 1.54) is 5.01 Å². The van der Waals surface area contributed by atoms with Gasteiger partial charge in [0.05, 0.1) is 21.7 Å². The summed E-state index contributed by atoms with van der Waals surface area (Å²) in [7, 11) is 3.43. The molecule has 0 radical (unpaired) electrons. The molecule has 26 heavy (non-hydrogen) atoms. The number of rotatable bonds is 3. The highest BCUT2D eigenvalue weighted by Gasteiger charge is 2.42. The van der Waals surface area contributed by atoms with Crippen LogP contribution in [0.4, 0.5) is 10.5 Å². The van der Waals surface area contributed by atoms with Crippen LogP contribution in [0.5, 0.6) is 0 Å². The smallest absolute Gasteiger partial charge is 0.306 e. The molecule has 8 heteroatoms. The van der Waals surface area contributed by atoms with Crippen LogP contribution in [0.3, 0.4) is 0 Å². The molecule has 2 amide bonds. The summed E-state index contributed by atoms with van der Waals surface area (Å²) in [6.07, 6.45) is 0. The molecule has 1 unspecified atom stereocenters. The molecule has 2 heterocycles. The van der Waals surface area contributed by atoms with E-state index in [0.717, 1.165) is 15.3 Å². The summed E-state index contributed by atoms with van der Waals surface area (Å²) < 4.78 is 0. The third-order valence-corrected chi connectivity index (χ3v) is 5.22. The van der Waals surface area contributed by atoms with E-state index >= 15 is 0 Å². The number of hydrazine groups is 1. The Kier molecular flexibility index (Phi) is 3.93. The van der Waals surface area contributed by atoms with Crippen LogP contribution in [0.25, 0.3) is 5.70 Å². The van der Waals surface area contributed by atoms with Crippen LogP contribution in [-0.2, 0) is 0 Å². The zero-order chi connectivity index (χ0) is 18.4. The van der Waals surface area contributed by atoms with Crippen molar-refractivity contribution in [3.05, 3.63) is 56.8 Å². The Labute approximate surface area is 154 Å². The van der Waals surface area contributed by atoms with E-state index < -0.39 is 12.1 Å². The molecule has 0 bridgehead atoms. The molecule has 2 N–H and O–H groups in total. The molecule has 0 saturated heterocycles. The molecule has 1 aromatic heterocycles. The van der Waals surface area contributed by atoms with Crippen molar-refractivity contribution in [1.82, 2.24) is 10.4 Å². The largest absolute Gasteiger partial charge is 0.333 e. The molecule has 1 aliphatic carbocycles. The van der Waals surface area contributed by atoms with E-state index in [2.05, 4.69) is 21.0 Å². The minimum absolute atomic E-state index is 0.128. The maximum Gasteiger partial charge on any atom is 0.333 e. The molecule has 0 saturated carbocycles. The van der Waals surface area contributed by atoms with Gasteiger partial charge in [0.15, 0.2) is 5.78 Å². The molecule has 1 atom stereocenters. The van der Waals surface area contributed by atoms with E-state index in [9.17, 15) is 9.59 Å². The number of thiophene rings is 1. The standard InChI is InChI=1S/C18H17N5O2S/c1-9-7-8-12(26-9)16-14-15(20-21-16)10-5-4-6-11(13(10)17(14)24)19-18(25)22-23(2)3/h4-8,15H,1-3H3,(H2,19,22,25). The van der Waals surface area contributed by atoms with Crippen molar-refractivity contribution >= 4 is 34.5 Å². The van der Waals surface area contributed by atoms with Gasteiger partial charge in [0, 0.05) is 19.0 Å². The Morgan fingerprint density at radius 2 is 2.04 bits per heavy atom. The first-order valence-corrected chi connectivity index (χ1v) is 8.91. The number of urea groups is 1. The van der Waals surface area contributed by atoms with Crippen molar-refractivity contribution in [3.8, 4) is 0 Å². The summed E-state index contributed by atoms with van der Waals surface area (Å²) in [5.41, 5.74) is 5.58. The lowest BCUT2D eigenvalue weighted by molar-refractivity contribution is 0.103. The monoisotopic (exact) mass is 367 g/mol. The van der Waals surface area contributed by atoms with Crippen LogP contribution in [0.1, 0.15) is 31.7 Å². The number of hydrogen-bond acceptors (Lipinski definition) is 6. The van der Waals surface area contributed by atoms with Crippen LogP contribution >= 0.6 is 11.3 Å². The normalized spacial score (nSPS) is 17.7. The number of aryl methyl sites for hydroxylation is 1. The van der Waals surface area contributed by atoms with Crippen molar-refractivity contribution in [3.63, 3.8) is 0 Å². The van der Waals surface area contributed by atoms with Gasteiger partial charge in [-0.15, -0.1) is 11.3 Å². The second-order valence-corrected chi connectivity index (χ2v) is 7.64. The van der Waals surface area contributed by atoms with Crippen molar-refractivity contribution in [2.75, 3.05) is 19.4 Å². The average Bonchev–Trinajstić information content (AvgIpc) is 3.24. The number of amides is 2. The molecular formula is C18H17N5O2S. The summed E-state index contributed by atoms with van der Waals surface area (Å²) in [5.74, 6) is -0.128. The Hall–Kier alpha value is -2.84. The van der Waals surface area contributed by atoms with E-state index in [0.29, 0.717) is 22.5 Å². The van der Waals surface area contributed by atoms with E-state index in [-0.39, 0.29) is 5.78 Å². The zero-order valence-electron chi connectivity index (χ0n) is 14.5. The van der Waals surface area contributed by atoms with Crippen LogP contribution in [0.15, 0.2) is 46.1 Å². The second-order valence-electron chi connectivity index (χ2n) is 6.35. The maximum absolute atomic E-state index is 13.1. The highest BCUT2D eigenvalue weighted by molar-refractivity contribution is 7.13. The Bertz CT molecular complexity index is 989. The lowest BCUT2D eigenvalue weighted by Crippen LogP contribution is -2.39. The molecular weight excluding hydrogens is 350 g/mol. The predicted molar refractivity (Wildman–Crippen MR) is 100 cm³/mol. The Morgan fingerprint density at radius 3 is 2.73 bits per heavy atom. The lowest BCUT2D eigenvalue weighted by atomic mass is 10.1. The van der Waals surface area contributed by atoms with Crippen LogP contribution in [-0.4, -0.2) is 30.9 Å². The van der Waals surface area contributed by atoms with Crippen LogP contribution in [0, 0.1) is 6.92 Å². The summed E-state index contributed by atoms with van der Waals surface area (Å²) in [6.45, 7) is 2.01. The molecule has 1 aromatic carbocycles. The van der Waals surface area contributed by atoms with Gasteiger partial charge in [-0.05, 0) is 30.7 Å². The van der Waals surface area contributed by atoms with Crippen LogP contribution in [0.2, 0.25) is 0 Å². The second kappa shape index (κ2) is 6.15. The third-order valence-electron chi connectivity index (χ3n) is 4.21. The van der Waals surface area contributed by atoms with E-state index in [4.69, 9.17) is 0 Å². The van der Waals surface area contributed by atoms with E-state index in [1.807, 2.05) is 31.2 Å². The first kappa shape index (κ1) is 16.6. The topological polar surface area (TPSA) is 86.2 Å². The number of hydrogen-bond donors (Lipinski definition) is 2. The molecule has 132 valence electrons. The van der Waals surface area contributed by atoms with Gasteiger partial charge >= 0.3 is 6.03 Å². The summed E-state index contributed by atoms with van der Waals surface area (Å²) in [6, 6.07) is 8.56. The van der Waals surface area contributed by atoms with Crippen molar-refractivity contribution in [1.29, 1.82) is 0 Å². The van der Waals surface area contributed by atoms with Gasteiger partial charge in [0.25, 0.3) is 0 Å². The van der Waals surface area contributed by atoms with Gasteiger partial charge in [-0.1, -0.05) is 12.1 Å². The molecule has 7 nitrogen and oxygen atoms in total. The third kappa shape index (κ3) is 2.63. The van der Waals surface area contributed by atoms with Gasteiger partial charge in [0.2, 0.25) is 0 Å². The number of Topliss-reactive ketones (excluding diaryl/α,β-unsaturated/α-hetero) is 1. The SMILES string of the molecule is Cc1ccc(C2=C3C(=O)c4c(NC(=O)NN(C)C)cccc4C3N=N2)s1. The summed E-state index contributed by atoms with van der Waals surface area (Å²) in [4.78, 5) is 27.3. The number of nitrogens with one attached hydrogen (secondary N) is 2. The van der Waals surface area contributed by atoms with Gasteiger partial charge in [-0.2, -0.15) is 10.2 Å². The van der Waals surface area contributed by atoms with Gasteiger partial charge in [0.1, 0.15) is 11.7 Å². The highest BCUT2D eigenvalue weighted by atomic mass is 32.1. The van der Waals surface area contributed by atoms with Crippen molar-refractivity contribution in [2.24, 2.45) is 10.2 Å². The average molecular weight is 367 g/mol. The summed E-state index contributed by atoms with van der Waals surface area (Å²) in [5, 5.41) is 12.9. The number of anilines is 1. The zero-order valence-corrected chi connectivity index (χ0v) is 15.3. The molecule has 4 rings (SSSR count). The predicted octanol–water partition coefficient (Wildman–Crippen LogP) is 3.77. The number of fused-ring (bicyclic) bond motifs is 3. The van der Waals surface area contributed by atoms with Crippen molar-refractivity contribution in [2.45, 2.75) is 13.0 Å². The number of nitrogens with zero attached hydrogens (tertiary/aromatic N) is 3. The quantitative estimate of drug-likeness (QED) is 0.810. The Balaban J connectivity index is 1.75. The number of benzene rings is 1. The van der Waals surface area contributed by atoms with Gasteiger partial charge in [-0.3, -0.25) is 10.2 Å². The molecule has 1 aliphatic heterocycles. The number of carbonyl (C=O) groups is 2. The Morgan fingerprint density at radius 1 is 1.23 bits per heavy atom. The fourth-order valence-corrected chi connectivity index (χ4v) is 4.06.